The van der Waals surface area contributed by atoms with Crippen molar-refractivity contribution in [1.29, 1.82) is 0 Å². The van der Waals surface area contributed by atoms with E-state index < -0.39 is 363 Å². The third-order valence-electron chi connectivity index (χ3n) is 10.2. The molecule has 0 spiro atoms. The van der Waals surface area contributed by atoms with Gasteiger partial charge in [0, 0.05) is 49.9 Å². The van der Waals surface area contributed by atoms with Crippen molar-refractivity contribution in [2.24, 2.45) is 0 Å². The Bertz CT molecular complexity index is 6190. The summed E-state index contributed by atoms with van der Waals surface area (Å²) in [5.74, 6) is 0. The van der Waals surface area contributed by atoms with E-state index in [2.05, 4.69) is 0 Å². The van der Waals surface area contributed by atoms with E-state index in [0.29, 0.717) is 4.57 Å². The van der Waals surface area contributed by atoms with Crippen LogP contribution in [0, 0.1) is 0 Å². The number of furan rings is 1. The van der Waals surface area contributed by atoms with Gasteiger partial charge in [0.15, 0.2) is 0 Å². The first-order valence-corrected chi connectivity index (χ1v) is 19.0. The minimum atomic E-state index is -1.49. The molecular weight excluding hydrogens is 789 g/mol. The highest BCUT2D eigenvalue weighted by Crippen LogP contribution is 2.45. The Kier molecular flexibility index (Phi) is 3.39. The fourth-order valence-electron chi connectivity index (χ4n) is 7.40. The Morgan fingerprint density at radius 2 is 0.892 bits per heavy atom. The first-order valence-electron chi connectivity index (χ1n) is 39.0. The van der Waals surface area contributed by atoms with Gasteiger partial charge in [-0.1, -0.05) is 169 Å². The first kappa shape index (κ1) is 14.7. The summed E-state index contributed by atoms with van der Waals surface area (Å²) in [6, 6.07) is -45.3. The topological polar surface area (TPSA) is 21.3 Å². The van der Waals surface area contributed by atoms with Crippen molar-refractivity contribution >= 4 is 82.4 Å². The molecule has 0 aliphatic heterocycles. The van der Waals surface area contributed by atoms with Gasteiger partial charge in [-0.25, -0.2) is 0 Å². The van der Waals surface area contributed by atoms with Crippen LogP contribution in [0.2, 0.25) is 0 Å². The van der Waals surface area contributed by atoms with E-state index >= 15 is 0 Å². The second-order valence-corrected chi connectivity index (χ2v) is 13.8. The molecule has 0 N–H and O–H groups in total. The van der Waals surface area contributed by atoms with Crippen LogP contribution in [0.1, 0.15) is 54.8 Å². The maximum Gasteiger partial charge on any atom is 0.143 e. The van der Waals surface area contributed by atoms with Crippen LogP contribution in [0.15, 0.2) is 246 Å². The molecule has 304 valence electrons. The van der Waals surface area contributed by atoms with Crippen molar-refractivity contribution in [3.63, 3.8) is 0 Å². The number of hydrogen-bond acceptors (Lipinski definition) is 2. The molecule has 3 nitrogen and oxygen atoms in total. The standard InChI is InChI=1S/C62H40N2O/c1-2-15-41(16-3-1)42-29-33-46(34-30-42)63(47-35-31-43(32-36-47)56-38-45-17-4-5-20-50(45)51-21-6-7-22-52(51)56)49-39-57(62-58(40-49)55-25-10-13-28-61(55)65-62)44-18-14-19-48(37-44)64-59-26-11-8-23-53(59)54-24-9-12-27-60(54)64/h1-40H/i1D,2D,3D,4D,5D,6D,7D,8D,9D,10D,11D,12D,13D,14D,15D,16D,17D,18D,19D,20D,21D,22D,23D,24D,25D,26D,27D,28D,29D,30D,31D,32D,33D,34D,35D,36D,37D,38D,39D,40D. The first-order chi connectivity index (χ1) is 48.9. The van der Waals surface area contributed by atoms with E-state index in [4.69, 9.17) is 33.2 Å². The number of rotatable bonds is 7. The number of aromatic nitrogens is 1. The number of nitrogens with zero attached hydrogens (tertiary/aromatic N) is 2. The average Bonchev–Trinajstić information content (AvgIpc) is 1.25. The molecule has 0 unspecified atom stereocenters. The molecule has 0 aliphatic carbocycles. The van der Waals surface area contributed by atoms with Crippen LogP contribution in [0.3, 0.4) is 0 Å². The molecule has 0 aliphatic rings. The summed E-state index contributed by atoms with van der Waals surface area (Å²) in [5, 5.41) is -5.95. The van der Waals surface area contributed by atoms with E-state index in [1.807, 2.05) is 0 Å². The van der Waals surface area contributed by atoms with Crippen molar-refractivity contribution in [3.05, 3.63) is 242 Å². The smallest absolute Gasteiger partial charge is 0.143 e. The molecule has 0 amide bonds. The highest BCUT2D eigenvalue weighted by Gasteiger charge is 2.21. The lowest BCUT2D eigenvalue weighted by Gasteiger charge is -2.27. The summed E-state index contributed by atoms with van der Waals surface area (Å²) >= 11 is 0. The highest BCUT2D eigenvalue weighted by molar-refractivity contribution is 6.15. The van der Waals surface area contributed by atoms with Gasteiger partial charge in [0.1, 0.15) is 11.2 Å². The van der Waals surface area contributed by atoms with Gasteiger partial charge in [-0.15, -0.1) is 0 Å². The van der Waals surface area contributed by atoms with E-state index in [-0.39, 0.29) is 4.90 Å². The molecule has 0 radical (unpaired) electrons. The third-order valence-corrected chi connectivity index (χ3v) is 10.2. The Hall–Kier alpha value is -8.66. The van der Waals surface area contributed by atoms with Crippen molar-refractivity contribution in [3.8, 4) is 39.1 Å². The molecule has 2 heterocycles. The maximum absolute atomic E-state index is 10.6. The van der Waals surface area contributed by atoms with Gasteiger partial charge in [0.25, 0.3) is 0 Å². The number of hydrogen-bond donors (Lipinski definition) is 0. The van der Waals surface area contributed by atoms with Crippen molar-refractivity contribution < 1.29 is 59.2 Å². The van der Waals surface area contributed by atoms with Crippen LogP contribution < -0.4 is 4.90 Å². The third kappa shape index (κ3) is 6.12. The fraction of sp³-hybridized carbons (Fsp3) is 0. The minimum absolute atomic E-state index is 0.200. The number of benzene rings is 11. The summed E-state index contributed by atoms with van der Waals surface area (Å²) in [5.41, 5.74) is -14.9. The number of fused-ring (bicyclic) bond motifs is 9. The zero-order chi connectivity index (χ0) is 77.7. The molecule has 0 fully saturated rings. The Labute approximate surface area is 432 Å². The molecular formula is C62H40N2O. The summed E-state index contributed by atoms with van der Waals surface area (Å²) in [7, 11) is 0. The van der Waals surface area contributed by atoms with E-state index in [9.17, 15) is 26.0 Å². The highest BCUT2D eigenvalue weighted by atomic mass is 16.3. The fourth-order valence-corrected chi connectivity index (χ4v) is 7.40. The summed E-state index contributed by atoms with van der Waals surface area (Å²) in [6.07, 6.45) is 0. The number of anilines is 3. The van der Waals surface area contributed by atoms with Crippen molar-refractivity contribution in [2.75, 3.05) is 4.90 Å². The predicted octanol–water partition coefficient (Wildman–Crippen LogP) is 17.5. The summed E-state index contributed by atoms with van der Waals surface area (Å²) < 4.78 is 377. The molecule has 13 aromatic rings. The normalized spacial score (nSPS) is 20.3. The van der Waals surface area contributed by atoms with Crippen molar-refractivity contribution in [1.82, 2.24) is 4.57 Å². The van der Waals surface area contributed by atoms with E-state index in [0.717, 1.165) is 0 Å². The van der Waals surface area contributed by atoms with Crippen molar-refractivity contribution in [2.45, 2.75) is 0 Å². The van der Waals surface area contributed by atoms with Crippen LogP contribution in [-0.4, -0.2) is 4.57 Å². The maximum atomic E-state index is 10.6. The lowest BCUT2D eigenvalue weighted by atomic mass is 9.93. The summed E-state index contributed by atoms with van der Waals surface area (Å²) in [6.45, 7) is 0. The second kappa shape index (κ2) is 15.0. The lowest BCUT2D eigenvalue weighted by Crippen LogP contribution is -2.10. The Balaban J connectivity index is 1.28. The molecule has 11 aromatic carbocycles. The molecule has 3 heteroatoms. The molecule has 0 saturated heterocycles. The SMILES string of the molecule is [2H]c1c([2H])c([2H])c(-c2c([2H])c([2H])c(N(c3c([2H])c([2H])c(-c4c([2H])c5c([2H])c([2H])c([2H])c([2H])c5c5c([2H])c([2H])c([2H])c([2H])c45)c([2H])c3[2H])c3c([2H])c(-c4c([2H])c([2H])c([2H])c(-n5c6c([2H])c([2H])c([2H])c([2H])c6c6c([2H])c([2H])c([2H])c([2H])c65)c4[2H])c4oc5c([2H])c([2H])c([2H])c([2H])c5c4c3[2H])c([2H])c2[2H])c([2H])c1[2H]. The molecule has 2 aromatic heterocycles. The average molecular weight is 869 g/mol. The molecule has 0 bridgehead atoms. The quantitative estimate of drug-likeness (QED) is 0.149. The van der Waals surface area contributed by atoms with E-state index in [1.165, 1.54) is 0 Å². The van der Waals surface area contributed by atoms with Gasteiger partial charge in [-0.3, -0.25) is 0 Å². The van der Waals surface area contributed by atoms with Gasteiger partial charge in [-0.2, -0.15) is 0 Å². The van der Waals surface area contributed by atoms with E-state index in [1.54, 1.807) is 0 Å². The molecule has 0 atom stereocenters. The molecule has 0 saturated carbocycles. The lowest BCUT2D eigenvalue weighted by molar-refractivity contribution is 0.670. The minimum Gasteiger partial charge on any atom is -0.455 e. The van der Waals surface area contributed by atoms with Gasteiger partial charge in [-0.05, 0) is 122 Å². The predicted molar refractivity (Wildman–Crippen MR) is 274 cm³/mol. The van der Waals surface area contributed by atoms with Crippen LogP contribution in [0.25, 0.3) is 104 Å². The number of para-hydroxylation sites is 3. The Morgan fingerprint density at radius 3 is 1.62 bits per heavy atom. The van der Waals surface area contributed by atoms with Gasteiger partial charge < -0.3 is 13.9 Å². The molecule has 13 rings (SSSR count). The van der Waals surface area contributed by atoms with Crippen LogP contribution in [-0.2, 0) is 0 Å². The second-order valence-electron chi connectivity index (χ2n) is 13.8. The molecule has 65 heavy (non-hydrogen) atoms. The van der Waals surface area contributed by atoms with Crippen LogP contribution in [0.4, 0.5) is 17.1 Å². The van der Waals surface area contributed by atoms with Gasteiger partial charge in [0.05, 0.1) is 65.9 Å². The van der Waals surface area contributed by atoms with Crippen LogP contribution >= 0.6 is 0 Å². The zero-order valence-electron chi connectivity index (χ0n) is 72.3. The zero-order valence-corrected chi connectivity index (χ0v) is 32.3. The van der Waals surface area contributed by atoms with Crippen LogP contribution in [0.5, 0.6) is 0 Å². The Morgan fingerprint density at radius 1 is 0.338 bits per heavy atom. The van der Waals surface area contributed by atoms with Gasteiger partial charge >= 0.3 is 0 Å². The van der Waals surface area contributed by atoms with Gasteiger partial charge in [0.2, 0.25) is 0 Å². The largest absolute Gasteiger partial charge is 0.455 e. The summed E-state index contributed by atoms with van der Waals surface area (Å²) in [4.78, 5) is 0.200. The monoisotopic (exact) mass is 869 g/mol.